The van der Waals surface area contributed by atoms with Gasteiger partial charge in [-0.05, 0) is 53.6 Å². The predicted octanol–water partition coefficient (Wildman–Crippen LogP) is 5.40. The number of unbranched alkanes of at least 4 members (excludes halogenated alkanes) is 3. The first-order valence-corrected chi connectivity index (χ1v) is 10.9. The fourth-order valence-electron chi connectivity index (χ4n) is 5.85. The number of carboxylic acids is 1. The standard InChI is InChI=1S/C24H36O4/c1-5-6-7-8-11-23(2,3)16-13-19(25)21(20(26)14-16)24(4)15-9-10-17(22(27)28)18(24)12-15/h10,13-15,18-19,21,25-26H,5-9,11-12H2,1-4H3,(H,27,28)/t15?,18-,19?,21?,24+/m1/s1. The van der Waals surface area contributed by atoms with Crippen molar-refractivity contribution in [2.24, 2.45) is 28.6 Å². The Morgan fingerprint density at radius 3 is 2.57 bits per heavy atom. The second-order valence-corrected chi connectivity index (χ2v) is 9.91. The van der Waals surface area contributed by atoms with Crippen LogP contribution < -0.4 is 0 Å². The van der Waals surface area contributed by atoms with Crippen molar-refractivity contribution in [3.8, 4) is 0 Å². The van der Waals surface area contributed by atoms with Crippen LogP contribution in [0.4, 0.5) is 0 Å². The second-order valence-electron chi connectivity index (χ2n) is 9.91. The van der Waals surface area contributed by atoms with Crippen LogP contribution >= 0.6 is 0 Å². The lowest BCUT2D eigenvalue weighted by Gasteiger charge is -2.61. The van der Waals surface area contributed by atoms with Crippen molar-refractivity contribution in [3.63, 3.8) is 0 Å². The van der Waals surface area contributed by atoms with Gasteiger partial charge < -0.3 is 15.3 Å². The van der Waals surface area contributed by atoms with Crippen LogP contribution in [-0.2, 0) is 4.79 Å². The average Bonchev–Trinajstić information content (AvgIpc) is 2.64. The Hall–Kier alpha value is -1.55. The topological polar surface area (TPSA) is 77.8 Å². The minimum absolute atomic E-state index is 0.101. The summed E-state index contributed by atoms with van der Waals surface area (Å²) in [7, 11) is 0. The highest BCUT2D eigenvalue weighted by molar-refractivity contribution is 5.88. The van der Waals surface area contributed by atoms with Gasteiger partial charge in [0.1, 0.15) is 0 Å². The molecule has 0 aliphatic heterocycles. The third kappa shape index (κ3) is 3.45. The fourth-order valence-corrected chi connectivity index (χ4v) is 5.85. The van der Waals surface area contributed by atoms with E-state index in [0.717, 1.165) is 24.8 Å². The lowest BCUT2D eigenvalue weighted by Crippen LogP contribution is -2.58. The quantitative estimate of drug-likeness (QED) is 0.487. The molecular formula is C24H36O4. The molecule has 0 radical (unpaired) electrons. The second kappa shape index (κ2) is 7.70. The Bertz CT molecular complexity index is 714. The molecule has 0 saturated heterocycles. The third-order valence-electron chi connectivity index (χ3n) is 7.82. The predicted molar refractivity (Wildman–Crippen MR) is 111 cm³/mol. The first-order valence-electron chi connectivity index (χ1n) is 10.9. The number of allylic oxidation sites excluding steroid dienone is 3. The summed E-state index contributed by atoms with van der Waals surface area (Å²) in [6.07, 6.45) is 12.2. The van der Waals surface area contributed by atoms with Crippen LogP contribution in [0.25, 0.3) is 0 Å². The summed E-state index contributed by atoms with van der Waals surface area (Å²) in [4.78, 5) is 11.6. The first-order chi connectivity index (χ1) is 13.1. The van der Waals surface area contributed by atoms with E-state index in [-0.39, 0.29) is 17.1 Å². The van der Waals surface area contributed by atoms with Gasteiger partial charge in [0, 0.05) is 5.57 Å². The van der Waals surface area contributed by atoms with Crippen molar-refractivity contribution in [3.05, 3.63) is 35.1 Å². The molecular weight excluding hydrogens is 352 g/mol. The van der Waals surface area contributed by atoms with Crippen molar-refractivity contribution in [2.75, 3.05) is 0 Å². The minimum atomic E-state index is -0.868. The molecule has 0 amide bonds. The smallest absolute Gasteiger partial charge is 0.331 e. The molecule has 0 heterocycles. The van der Waals surface area contributed by atoms with Gasteiger partial charge in [0.2, 0.25) is 0 Å². The number of aliphatic hydroxyl groups is 2. The van der Waals surface area contributed by atoms with Crippen molar-refractivity contribution < 1.29 is 20.1 Å². The van der Waals surface area contributed by atoms with Crippen molar-refractivity contribution in [1.82, 2.24) is 0 Å². The normalized spacial score (nSPS) is 34.8. The molecule has 3 N–H and O–H groups in total. The van der Waals surface area contributed by atoms with Gasteiger partial charge in [-0.2, -0.15) is 0 Å². The number of aliphatic carboxylic acids is 1. The minimum Gasteiger partial charge on any atom is -0.512 e. The first kappa shape index (κ1) is 21.2. The lowest BCUT2D eigenvalue weighted by atomic mass is 9.42. The van der Waals surface area contributed by atoms with E-state index in [1.807, 2.05) is 18.2 Å². The molecule has 3 unspecified atom stereocenters. The van der Waals surface area contributed by atoms with Crippen LogP contribution in [-0.4, -0.2) is 27.4 Å². The molecule has 156 valence electrons. The van der Waals surface area contributed by atoms with Gasteiger partial charge >= 0.3 is 5.97 Å². The summed E-state index contributed by atoms with van der Waals surface area (Å²) < 4.78 is 0. The van der Waals surface area contributed by atoms with E-state index in [1.165, 1.54) is 19.3 Å². The summed E-state index contributed by atoms with van der Waals surface area (Å²) in [6, 6.07) is 0. The van der Waals surface area contributed by atoms with E-state index in [9.17, 15) is 20.1 Å². The molecule has 0 aromatic rings. The van der Waals surface area contributed by atoms with Crippen molar-refractivity contribution in [2.45, 2.75) is 78.7 Å². The lowest BCUT2D eigenvalue weighted by molar-refractivity contribution is -0.143. The largest absolute Gasteiger partial charge is 0.512 e. The molecule has 3 aliphatic carbocycles. The maximum Gasteiger partial charge on any atom is 0.331 e. The maximum atomic E-state index is 11.6. The molecule has 1 saturated carbocycles. The molecule has 0 aromatic heterocycles. The van der Waals surface area contributed by atoms with Gasteiger partial charge in [0.05, 0.1) is 17.8 Å². The Kier molecular flexibility index (Phi) is 5.82. The number of rotatable bonds is 8. The molecule has 3 aliphatic rings. The Morgan fingerprint density at radius 2 is 2.00 bits per heavy atom. The molecule has 2 bridgehead atoms. The molecule has 0 spiro atoms. The van der Waals surface area contributed by atoms with Crippen LogP contribution in [0, 0.1) is 28.6 Å². The number of aliphatic hydroxyl groups excluding tert-OH is 2. The van der Waals surface area contributed by atoms with E-state index in [4.69, 9.17) is 0 Å². The average molecular weight is 389 g/mol. The van der Waals surface area contributed by atoms with Gasteiger partial charge in [0.25, 0.3) is 0 Å². The third-order valence-corrected chi connectivity index (χ3v) is 7.82. The molecule has 4 heteroatoms. The zero-order valence-corrected chi connectivity index (χ0v) is 17.7. The van der Waals surface area contributed by atoms with E-state index >= 15 is 0 Å². The van der Waals surface area contributed by atoms with Crippen LogP contribution in [0.2, 0.25) is 0 Å². The highest BCUT2D eigenvalue weighted by Crippen LogP contribution is 2.65. The van der Waals surface area contributed by atoms with E-state index < -0.39 is 23.4 Å². The molecule has 1 fully saturated rings. The van der Waals surface area contributed by atoms with Crippen molar-refractivity contribution in [1.29, 1.82) is 0 Å². The van der Waals surface area contributed by atoms with Gasteiger partial charge in [0.15, 0.2) is 0 Å². The van der Waals surface area contributed by atoms with Crippen molar-refractivity contribution >= 4 is 5.97 Å². The Balaban J connectivity index is 1.78. The van der Waals surface area contributed by atoms with Crippen LogP contribution in [0.3, 0.4) is 0 Å². The number of carbonyl (C=O) groups is 1. The van der Waals surface area contributed by atoms with Gasteiger partial charge in [-0.1, -0.05) is 65.5 Å². The summed E-state index contributed by atoms with van der Waals surface area (Å²) >= 11 is 0. The number of fused-ring (bicyclic) bond motifs is 2. The summed E-state index contributed by atoms with van der Waals surface area (Å²) in [5.41, 5.74) is 0.940. The van der Waals surface area contributed by atoms with Crippen LogP contribution in [0.5, 0.6) is 0 Å². The van der Waals surface area contributed by atoms with E-state index in [0.29, 0.717) is 17.9 Å². The van der Waals surface area contributed by atoms with E-state index in [2.05, 4.69) is 27.7 Å². The monoisotopic (exact) mass is 388 g/mol. The Labute approximate surface area is 169 Å². The maximum absolute atomic E-state index is 11.6. The van der Waals surface area contributed by atoms with Gasteiger partial charge in [-0.25, -0.2) is 4.79 Å². The van der Waals surface area contributed by atoms with E-state index in [1.54, 1.807) is 0 Å². The van der Waals surface area contributed by atoms with Gasteiger partial charge in [-0.3, -0.25) is 0 Å². The molecule has 28 heavy (non-hydrogen) atoms. The molecule has 0 aromatic carbocycles. The summed E-state index contributed by atoms with van der Waals surface area (Å²) in [5, 5.41) is 31.5. The number of hydrogen-bond donors (Lipinski definition) is 3. The molecule has 5 atom stereocenters. The SMILES string of the molecule is CCCCCCC(C)(C)C1=CC(O)C([C@@]2(C)C3CC=C(C(=O)O)[C@H]2C3)C(O)=C1. The molecule has 4 nitrogen and oxygen atoms in total. The van der Waals surface area contributed by atoms with Crippen LogP contribution in [0.15, 0.2) is 35.1 Å². The fraction of sp³-hybridized carbons (Fsp3) is 0.708. The zero-order valence-electron chi connectivity index (χ0n) is 17.7. The number of carboxylic acid groups (broad SMARTS) is 1. The van der Waals surface area contributed by atoms with Gasteiger partial charge in [-0.15, -0.1) is 0 Å². The number of hydrogen-bond acceptors (Lipinski definition) is 3. The molecule has 3 rings (SSSR count). The highest BCUT2D eigenvalue weighted by Gasteiger charge is 2.62. The Morgan fingerprint density at radius 1 is 1.29 bits per heavy atom. The summed E-state index contributed by atoms with van der Waals surface area (Å²) in [5.74, 6) is -0.870. The summed E-state index contributed by atoms with van der Waals surface area (Å²) in [6.45, 7) is 8.60. The highest BCUT2D eigenvalue weighted by atomic mass is 16.4. The van der Waals surface area contributed by atoms with Crippen LogP contribution in [0.1, 0.15) is 72.6 Å². The zero-order chi connectivity index (χ0) is 20.7.